The molecule has 4 rings (SSSR count). The van der Waals surface area contributed by atoms with Crippen molar-refractivity contribution < 1.29 is 24.2 Å². The fourth-order valence-electron chi connectivity index (χ4n) is 5.13. The molecule has 0 aromatic heterocycles. The first kappa shape index (κ1) is 23.8. The third-order valence-corrected chi connectivity index (χ3v) is 7.11. The van der Waals surface area contributed by atoms with Crippen LogP contribution in [0.1, 0.15) is 62.5 Å². The zero-order valence-electron chi connectivity index (χ0n) is 19.5. The van der Waals surface area contributed by atoms with Crippen LogP contribution in [-0.2, 0) is 14.3 Å². The zero-order valence-corrected chi connectivity index (χ0v) is 19.5. The fourth-order valence-corrected chi connectivity index (χ4v) is 5.13. The number of carbonyl (C=O) groups is 3. The molecule has 2 amide bonds. The molecule has 34 heavy (non-hydrogen) atoms. The lowest BCUT2D eigenvalue weighted by molar-refractivity contribution is -0.142. The number of carboxylic acids is 1. The highest BCUT2D eigenvalue weighted by atomic mass is 16.5. The van der Waals surface area contributed by atoms with Crippen LogP contribution in [0.4, 0.5) is 4.79 Å². The number of rotatable bonds is 10. The summed E-state index contributed by atoms with van der Waals surface area (Å²) in [6.07, 6.45) is 3.38. The Labute approximate surface area is 199 Å². The smallest absolute Gasteiger partial charge is 0.407 e. The summed E-state index contributed by atoms with van der Waals surface area (Å²) in [5, 5.41) is 14.8. The van der Waals surface area contributed by atoms with E-state index in [4.69, 9.17) is 4.74 Å². The maximum absolute atomic E-state index is 12.5. The molecule has 7 heteroatoms. The first-order valence-corrected chi connectivity index (χ1v) is 12.0. The molecular formula is C27H32N2O5. The number of hydrogen-bond donors (Lipinski definition) is 3. The quantitative estimate of drug-likeness (QED) is 0.482. The van der Waals surface area contributed by atoms with Gasteiger partial charge in [-0.2, -0.15) is 0 Å². The molecule has 180 valence electrons. The van der Waals surface area contributed by atoms with E-state index >= 15 is 0 Å². The molecule has 0 saturated heterocycles. The Morgan fingerprint density at radius 2 is 1.68 bits per heavy atom. The lowest BCUT2D eigenvalue weighted by atomic mass is 9.66. The SMILES string of the molecule is CCCC(NC(=O)CC1(CNC(=O)OCC2c3ccccc3-c3ccccc32)CCC1)C(=O)O. The Kier molecular flexibility index (Phi) is 7.20. The molecule has 1 unspecified atom stereocenters. The number of nitrogens with one attached hydrogen (secondary N) is 2. The van der Waals surface area contributed by atoms with Gasteiger partial charge in [-0.15, -0.1) is 0 Å². The second-order valence-electron chi connectivity index (χ2n) is 9.46. The second kappa shape index (κ2) is 10.3. The van der Waals surface area contributed by atoms with E-state index in [0.29, 0.717) is 19.4 Å². The third-order valence-electron chi connectivity index (χ3n) is 7.11. The number of amides is 2. The number of ether oxygens (including phenoxy) is 1. The molecular weight excluding hydrogens is 432 g/mol. The first-order chi connectivity index (χ1) is 16.4. The average molecular weight is 465 g/mol. The number of alkyl carbamates (subject to hydrolysis) is 1. The molecule has 0 aliphatic heterocycles. The Hall–Kier alpha value is -3.35. The lowest BCUT2D eigenvalue weighted by Crippen LogP contribution is -2.48. The van der Waals surface area contributed by atoms with Crippen LogP contribution in [0.3, 0.4) is 0 Å². The molecule has 0 radical (unpaired) electrons. The largest absolute Gasteiger partial charge is 0.480 e. The Morgan fingerprint density at radius 1 is 1.06 bits per heavy atom. The van der Waals surface area contributed by atoms with Gasteiger partial charge in [0.1, 0.15) is 12.6 Å². The van der Waals surface area contributed by atoms with Gasteiger partial charge >= 0.3 is 12.1 Å². The molecule has 0 spiro atoms. The van der Waals surface area contributed by atoms with Crippen LogP contribution >= 0.6 is 0 Å². The van der Waals surface area contributed by atoms with Crippen LogP contribution in [0.2, 0.25) is 0 Å². The molecule has 1 fully saturated rings. The van der Waals surface area contributed by atoms with Crippen molar-refractivity contribution >= 4 is 18.0 Å². The number of hydrogen-bond acceptors (Lipinski definition) is 4. The monoisotopic (exact) mass is 464 g/mol. The van der Waals surface area contributed by atoms with Crippen LogP contribution in [-0.4, -0.2) is 42.3 Å². The summed E-state index contributed by atoms with van der Waals surface area (Å²) in [6, 6.07) is 15.5. The van der Waals surface area contributed by atoms with Crippen molar-refractivity contribution in [1.29, 1.82) is 0 Å². The van der Waals surface area contributed by atoms with Crippen LogP contribution in [0.15, 0.2) is 48.5 Å². The van der Waals surface area contributed by atoms with E-state index in [0.717, 1.165) is 30.4 Å². The van der Waals surface area contributed by atoms with Crippen molar-refractivity contribution in [2.75, 3.05) is 13.2 Å². The minimum Gasteiger partial charge on any atom is -0.480 e. The summed E-state index contributed by atoms with van der Waals surface area (Å²) in [6.45, 7) is 2.46. The van der Waals surface area contributed by atoms with Gasteiger partial charge in [-0.05, 0) is 46.9 Å². The van der Waals surface area contributed by atoms with Crippen molar-refractivity contribution in [2.45, 2.75) is 57.4 Å². The van der Waals surface area contributed by atoms with Crippen LogP contribution in [0.25, 0.3) is 11.1 Å². The summed E-state index contributed by atoms with van der Waals surface area (Å²) in [5.74, 6) is -1.31. The van der Waals surface area contributed by atoms with Crippen LogP contribution in [0.5, 0.6) is 0 Å². The number of fused-ring (bicyclic) bond motifs is 3. The van der Waals surface area contributed by atoms with Gasteiger partial charge in [-0.3, -0.25) is 4.79 Å². The molecule has 0 bridgehead atoms. The summed E-state index contributed by atoms with van der Waals surface area (Å²) < 4.78 is 5.61. The zero-order chi connectivity index (χ0) is 24.1. The summed E-state index contributed by atoms with van der Waals surface area (Å²) in [4.78, 5) is 36.4. The molecule has 7 nitrogen and oxygen atoms in total. The van der Waals surface area contributed by atoms with Gasteiger partial charge in [-0.1, -0.05) is 68.3 Å². The maximum atomic E-state index is 12.5. The molecule has 2 aromatic carbocycles. The highest BCUT2D eigenvalue weighted by Gasteiger charge is 2.40. The van der Waals surface area contributed by atoms with E-state index < -0.39 is 18.1 Å². The molecule has 1 saturated carbocycles. The average Bonchev–Trinajstić information content (AvgIpc) is 3.12. The van der Waals surface area contributed by atoms with Crippen molar-refractivity contribution in [2.24, 2.45) is 5.41 Å². The van der Waals surface area contributed by atoms with E-state index in [1.807, 2.05) is 31.2 Å². The molecule has 2 aromatic rings. The topological polar surface area (TPSA) is 105 Å². The van der Waals surface area contributed by atoms with Crippen molar-refractivity contribution in [3.63, 3.8) is 0 Å². The summed E-state index contributed by atoms with van der Waals surface area (Å²) >= 11 is 0. The molecule has 3 N–H and O–H groups in total. The predicted octanol–water partition coefficient (Wildman–Crippen LogP) is 4.46. The highest BCUT2D eigenvalue weighted by Crippen LogP contribution is 2.45. The number of benzene rings is 2. The van der Waals surface area contributed by atoms with Gasteiger partial charge < -0.3 is 20.5 Å². The summed E-state index contributed by atoms with van der Waals surface area (Å²) in [7, 11) is 0. The van der Waals surface area contributed by atoms with Crippen molar-refractivity contribution in [3.05, 3.63) is 59.7 Å². The highest BCUT2D eigenvalue weighted by molar-refractivity contribution is 5.84. The van der Waals surface area contributed by atoms with Gasteiger partial charge in [0.25, 0.3) is 0 Å². The van der Waals surface area contributed by atoms with Gasteiger partial charge in [0.15, 0.2) is 0 Å². The Balaban J connectivity index is 1.31. The maximum Gasteiger partial charge on any atom is 0.407 e. The van der Waals surface area contributed by atoms with Gasteiger partial charge in [0.2, 0.25) is 5.91 Å². The van der Waals surface area contributed by atoms with E-state index in [-0.39, 0.29) is 30.3 Å². The summed E-state index contributed by atoms with van der Waals surface area (Å²) in [5.41, 5.74) is 4.32. The number of aliphatic carboxylic acids is 1. The van der Waals surface area contributed by atoms with Crippen LogP contribution in [0, 0.1) is 5.41 Å². The first-order valence-electron chi connectivity index (χ1n) is 12.0. The number of carboxylic acid groups (broad SMARTS) is 1. The molecule has 2 aliphatic rings. The standard InChI is InChI=1S/C27H32N2O5/c1-2-8-23(25(31)32)29-24(30)15-27(13-7-14-27)17-28-26(33)34-16-22-20-11-5-3-9-18(20)19-10-4-6-12-21(19)22/h3-6,9-12,22-23H,2,7-8,13-17H2,1H3,(H,28,33)(H,29,30)(H,31,32). The van der Waals surface area contributed by atoms with Gasteiger partial charge in [-0.25, -0.2) is 9.59 Å². The predicted molar refractivity (Wildman–Crippen MR) is 128 cm³/mol. The van der Waals surface area contributed by atoms with Gasteiger partial charge in [0, 0.05) is 18.9 Å². The lowest BCUT2D eigenvalue weighted by Gasteiger charge is -2.41. The van der Waals surface area contributed by atoms with Crippen LogP contribution < -0.4 is 10.6 Å². The van der Waals surface area contributed by atoms with E-state index in [9.17, 15) is 19.5 Å². The second-order valence-corrected chi connectivity index (χ2v) is 9.46. The number of carbonyl (C=O) groups excluding carboxylic acids is 2. The van der Waals surface area contributed by atoms with Gasteiger partial charge in [0.05, 0.1) is 0 Å². The van der Waals surface area contributed by atoms with E-state index in [2.05, 4.69) is 34.9 Å². The Morgan fingerprint density at radius 3 is 2.21 bits per heavy atom. The minimum absolute atomic E-state index is 0.00638. The third kappa shape index (κ3) is 5.08. The van der Waals surface area contributed by atoms with E-state index in [1.165, 1.54) is 11.1 Å². The minimum atomic E-state index is -1.02. The molecule has 2 aliphatic carbocycles. The van der Waals surface area contributed by atoms with Crippen molar-refractivity contribution in [1.82, 2.24) is 10.6 Å². The van der Waals surface area contributed by atoms with Crippen molar-refractivity contribution in [3.8, 4) is 11.1 Å². The molecule has 0 heterocycles. The molecule has 1 atom stereocenters. The van der Waals surface area contributed by atoms with E-state index in [1.54, 1.807) is 0 Å². The Bertz CT molecular complexity index is 1020. The normalized spacial score (nSPS) is 16.5. The fraction of sp³-hybridized carbons (Fsp3) is 0.444.